The molecule has 0 aromatic carbocycles. The average molecular weight is 285 g/mol. The van der Waals surface area contributed by atoms with Gasteiger partial charge in [-0.3, -0.25) is 9.69 Å². The summed E-state index contributed by atoms with van der Waals surface area (Å²) < 4.78 is 5.72. The number of hydrogen-bond acceptors (Lipinski definition) is 4. The van der Waals surface area contributed by atoms with Crippen LogP contribution >= 0.6 is 0 Å². The van der Waals surface area contributed by atoms with Gasteiger partial charge in [0.25, 0.3) is 0 Å². The van der Waals surface area contributed by atoms with Crippen molar-refractivity contribution in [2.75, 3.05) is 39.3 Å². The number of rotatable bonds is 8. The maximum absolute atomic E-state index is 12.2. The van der Waals surface area contributed by atoms with Gasteiger partial charge in [-0.15, -0.1) is 0 Å². The topological polar surface area (TPSA) is 58.8 Å². The van der Waals surface area contributed by atoms with Crippen LogP contribution in [-0.4, -0.2) is 67.2 Å². The highest BCUT2D eigenvalue weighted by Gasteiger charge is 2.27. The maximum atomic E-state index is 12.2. The molecule has 1 aliphatic rings. The van der Waals surface area contributed by atoms with Crippen LogP contribution in [0.3, 0.4) is 0 Å². The molecule has 2 N–H and O–H groups in total. The van der Waals surface area contributed by atoms with E-state index >= 15 is 0 Å². The summed E-state index contributed by atoms with van der Waals surface area (Å²) in [6, 6.07) is 0.145. The minimum atomic E-state index is 0.145. The molecule has 0 aromatic heterocycles. The number of carbonyl (C=O) groups excluding carboxylic acids is 1. The van der Waals surface area contributed by atoms with E-state index in [1.165, 1.54) is 0 Å². The predicted molar refractivity (Wildman–Crippen MR) is 81.6 cm³/mol. The summed E-state index contributed by atoms with van der Waals surface area (Å²) in [5.41, 5.74) is 5.90. The quantitative estimate of drug-likeness (QED) is 0.725. The molecule has 20 heavy (non-hydrogen) atoms. The van der Waals surface area contributed by atoms with Crippen molar-refractivity contribution in [3.8, 4) is 0 Å². The molecular formula is C15H31N3O2. The Hall–Kier alpha value is -0.650. The summed E-state index contributed by atoms with van der Waals surface area (Å²) in [5, 5.41) is 0. The second kappa shape index (κ2) is 9.32. The number of hydrogen-bond donors (Lipinski definition) is 1. The summed E-state index contributed by atoms with van der Waals surface area (Å²) in [6.45, 7) is 10.8. The number of piperidine rings is 1. The van der Waals surface area contributed by atoms with Crippen molar-refractivity contribution in [3.05, 3.63) is 0 Å². The van der Waals surface area contributed by atoms with Crippen LogP contribution in [0.4, 0.5) is 0 Å². The molecule has 0 radical (unpaired) electrons. The Labute approximate surface area is 123 Å². The molecule has 2 atom stereocenters. The summed E-state index contributed by atoms with van der Waals surface area (Å²) >= 11 is 0. The molecule has 1 aliphatic heterocycles. The fourth-order valence-electron chi connectivity index (χ4n) is 2.94. The van der Waals surface area contributed by atoms with Crippen LogP contribution < -0.4 is 5.73 Å². The molecule has 5 heteroatoms. The number of likely N-dealkylation sites (tertiary alicyclic amines) is 1. The summed E-state index contributed by atoms with van der Waals surface area (Å²) in [4.78, 5) is 16.5. The van der Waals surface area contributed by atoms with Gasteiger partial charge in [0.15, 0.2) is 0 Å². The van der Waals surface area contributed by atoms with Crippen LogP contribution in [0.15, 0.2) is 0 Å². The monoisotopic (exact) mass is 285 g/mol. The van der Waals surface area contributed by atoms with E-state index in [-0.39, 0.29) is 11.9 Å². The first-order valence-electron chi connectivity index (χ1n) is 7.99. The van der Waals surface area contributed by atoms with Gasteiger partial charge >= 0.3 is 0 Å². The summed E-state index contributed by atoms with van der Waals surface area (Å²) in [7, 11) is 0. The number of nitrogens with zero attached hydrogens (tertiary/aromatic N) is 2. The molecule has 1 heterocycles. The Balaban J connectivity index is 2.54. The third kappa shape index (κ3) is 5.04. The largest absolute Gasteiger partial charge is 0.377 e. The van der Waals surface area contributed by atoms with E-state index < -0.39 is 0 Å². The van der Waals surface area contributed by atoms with Crippen LogP contribution in [0.25, 0.3) is 0 Å². The van der Waals surface area contributed by atoms with Crippen molar-refractivity contribution in [2.45, 2.75) is 52.2 Å². The molecule has 1 amide bonds. The van der Waals surface area contributed by atoms with Crippen molar-refractivity contribution in [1.82, 2.24) is 9.80 Å². The zero-order valence-corrected chi connectivity index (χ0v) is 13.3. The van der Waals surface area contributed by atoms with Crippen LogP contribution in [0.5, 0.6) is 0 Å². The first kappa shape index (κ1) is 17.4. The van der Waals surface area contributed by atoms with Gasteiger partial charge in [-0.1, -0.05) is 0 Å². The van der Waals surface area contributed by atoms with Crippen LogP contribution in [0, 0.1) is 0 Å². The standard InChI is InChI=1S/C15H31N3O2/c1-4-17(5-2)15(19)10-13(11-16)18-9-7-8-14(12-18)20-6-3/h13-14H,4-12,16H2,1-3H3. The molecule has 0 aromatic rings. The van der Waals surface area contributed by atoms with Crippen molar-refractivity contribution in [2.24, 2.45) is 5.73 Å². The Morgan fingerprint density at radius 3 is 2.65 bits per heavy atom. The van der Waals surface area contributed by atoms with Gasteiger partial charge in [0, 0.05) is 45.2 Å². The summed E-state index contributed by atoms with van der Waals surface area (Å²) in [6.07, 6.45) is 3.06. The highest BCUT2D eigenvalue weighted by Crippen LogP contribution is 2.17. The van der Waals surface area contributed by atoms with Crippen molar-refractivity contribution in [3.63, 3.8) is 0 Å². The predicted octanol–water partition coefficient (Wildman–Crippen LogP) is 1.07. The minimum Gasteiger partial charge on any atom is -0.377 e. The fraction of sp³-hybridized carbons (Fsp3) is 0.933. The molecule has 1 rings (SSSR count). The van der Waals surface area contributed by atoms with Gasteiger partial charge in [0.1, 0.15) is 0 Å². The Bertz CT molecular complexity index is 280. The lowest BCUT2D eigenvalue weighted by atomic mass is 10.0. The third-order valence-electron chi connectivity index (χ3n) is 4.13. The van der Waals surface area contributed by atoms with Crippen molar-refractivity contribution >= 4 is 5.91 Å². The van der Waals surface area contributed by atoms with E-state index in [1.54, 1.807) is 0 Å². The molecule has 2 unspecified atom stereocenters. The lowest BCUT2D eigenvalue weighted by molar-refractivity contribution is -0.132. The zero-order valence-electron chi connectivity index (χ0n) is 13.3. The van der Waals surface area contributed by atoms with Crippen molar-refractivity contribution in [1.29, 1.82) is 0 Å². The molecule has 0 aliphatic carbocycles. The van der Waals surface area contributed by atoms with Crippen molar-refractivity contribution < 1.29 is 9.53 Å². The molecule has 0 saturated carbocycles. The summed E-state index contributed by atoms with van der Waals surface area (Å²) in [5.74, 6) is 0.212. The van der Waals surface area contributed by atoms with Gasteiger partial charge in [-0.2, -0.15) is 0 Å². The van der Waals surface area contributed by atoms with E-state index in [0.29, 0.717) is 19.1 Å². The molecule has 1 saturated heterocycles. The number of carbonyl (C=O) groups is 1. The molecule has 118 valence electrons. The first-order valence-corrected chi connectivity index (χ1v) is 7.99. The van der Waals surface area contributed by atoms with Gasteiger partial charge in [-0.25, -0.2) is 0 Å². The van der Waals surface area contributed by atoms with Gasteiger partial charge < -0.3 is 15.4 Å². The van der Waals surface area contributed by atoms with E-state index in [1.807, 2.05) is 25.7 Å². The van der Waals surface area contributed by atoms with Gasteiger partial charge in [0.05, 0.1) is 6.10 Å². The minimum absolute atomic E-state index is 0.145. The molecule has 5 nitrogen and oxygen atoms in total. The Morgan fingerprint density at radius 1 is 1.40 bits per heavy atom. The maximum Gasteiger partial charge on any atom is 0.224 e. The smallest absolute Gasteiger partial charge is 0.224 e. The van der Waals surface area contributed by atoms with E-state index in [0.717, 1.165) is 45.6 Å². The van der Waals surface area contributed by atoms with E-state index in [4.69, 9.17) is 10.5 Å². The van der Waals surface area contributed by atoms with Crippen LogP contribution in [-0.2, 0) is 9.53 Å². The van der Waals surface area contributed by atoms with Crippen LogP contribution in [0.2, 0.25) is 0 Å². The van der Waals surface area contributed by atoms with E-state index in [9.17, 15) is 4.79 Å². The number of ether oxygens (including phenoxy) is 1. The lowest BCUT2D eigenvalue weighted by Gasteiger charge is -2.38. The second-order valence-electron chi connectivity index (χ2n) is 5.37. The molecule has 0 bridgehead atoms. The zero-order chi connectivity index (χ0) is 15.0. The van der Waals surface area contributed by atoms with E-state index in [2.05, 4.69) is 4.90 Å². The van der Waals surface area contributed by atoms with Gasteiger partial charge in [0.2, 0.25) is 5.91 Å². The fourth-order valence-corrected chi connectivity index (χ4v) is 2.94. The SMILES string of the molecule is CCOC1CCCN(C(CN)CC(=O)N(CC)CC)C1. The normalized spacial score (nSPS) is 21.7. The third-order valence-corrected chi connectivity index (χ3v) is 4.13. The molecule has 0 spiro atoms. The average Bonchev–Trinajstić information content (AvgIpc) is 2.46. The number of nitrogens with two attached hydrogens (primary N) is 1. The highest BCUT2D eigenvalue weighted by atomic mass is 16.5. The lowest BCUT2D eigenvalue weighted by Crippen LogP contribution is -2.50. The Morgan fingerprint density at radius 2 is 2.10 bits per heavy atom. The number of amides is 1. The Kier molecular flexibility index (Phi) is 8.11. The first-order chi connectivity index (χ1) is 9.65. The molecular weight excluding hydrogens is 254 g/mol. The van der Waals surface area contributed by atoms with Gasteiger partial charge in [-0.05, 0) is 40.2 Å². The highest BCUT2D eigenvalue weighted by molar-refractivity contribution is 5.76. The molecule has 1 fully saturated rings. The van der Waals surface area contributed by atoms with Crippen LogP contribution in [0.1, 0.15) is 40.0 Å². The second-order valence-corrected chi connectivity index (χ2v) is 5.37.